The van der Waals surface area contributed by atoms with Gasteiger partial charge < -0.3 is 14.4 Å². The highest BCUT2D eigenvalue weighted by molar-refractivity contribution is 5.88. The summed E-state index contributed by atoms with van der Waals surface area (Å²) in [5, 5.41) is 9.09. The smallest absolute Gasteiger partial charge is 0.352 e. The molecule has 1 N–H and O–H groups in total. The Hall–Kier alpha value is -1.78. The molecule has 0 saturated heterocycles. The van der Waals surface area contributed by atoms with Crippen LogP contribution in [-0.4, -0.2) is 28.2 Å². The largest absolute Gasteiger partial charge is 0.477 e. The van der Waals surface area contributed by atoms with Crippen LogP contribution in [0.5, 0.6) is 0 Å². The van der Waals surface area contributed by atoms with Crippen LogP contribution in [0.3, 0.4) is 0 Å². The number of rotatable bonds is 5. The van der Waals surface area contributed by atoms with Crippen molar-refractivity contribution in [3.63, 3.8) is 0 Å². The number of nitrogens with zero attached hydrogens (tertiary/aromatic N) is 1. The topological polar surface area (TPSA) is 68.5 Å². The van der Waals surface area contributed by atoms with E-state index in [9.17, 15) is 9.59 Å². The Labute approximate surface area is 100 Å². The average molecular weight is 239 g/mol. The van der Waals surface area contributed by atoms with Crippen LogP contribution in [0.4, 0.5) is 0 Å². The Bertz CT molecular complexity index is 434. The lowest BCUT2D eigenvalue weighted by atomic mass is 10.2. The van der Waals surface area contributed by atoms with E-state index in [1.165, 1.54) is 0 Å². The first-order valence-electron chi connectivity index (χ1n) is 5.53. The summed E-state index contributed by atoms with van der Waals surface area (Å²) in [6.07, 6.45) is 0.184. The zero-order chi connectivity index (χ0) is 13.0. The summed E-state index contributed by atoms with van der Waals surface area (Å²) in [5.41, 5.74) is 1.79. The summed E-state index contributed by atoms with van der Waals surface area (Å²) in [7, 11) is 0. The Balaban J connectivity index is 2.83. The van der Waals surface area contributed by atoms with Crippen molar-refractivity contribution in [2.45, 2.75) is 33.7 Å². The fraction of sp³-hybridized carbons (Fsp3) is 0.500. The first-order valence-corrected chi connectivity index (χ1v) is 5.53. The normalized spacial score (nSPS) is 10.3. The molecule has 0 bridgehead atoms. The van der Waals surface area contributed by atoms with Gasteiger partial charge in [0.1, 0.15) is 5.69 Å². The van der Waals surface area contributed by atoms with Gasteiger partial charge in [0, 0.05) is 12.2 Å². The molecule has 0 aromatic carbocycles. The van der Waals surface area contributed by atoms with Crippen molar-refractivity contribution in [3.05, 3.63) is 23.0 Å². The number of carbonyl (C=O) groups excluding carboxylic acids is 1. The van der Waals surface area contributed by atoms with Crippen LogP contribution in [-0.2, 0) is 16.1 Å². The number of aromatic carboxylic acids is 1. The molecule has 1 heterocycles. The molecule has 0 unspecified atom stereocenters. The Morgan fingerprint density at radius 1 is 1.41 bits per heavy atom. The maximum atomic E-state index is 11.2. The summed E-state index contributed by atoms with van der Waals surface area (Å²) in [5.74, 6) is -1.28. The van der Waals surface area contributed by atoms with Crippen molar-refractivity contribution in [2.75, 3.05) is 6.61 Å². The second-order valence-electron chi connectivity index (χ2n) is 3.83. The lowest BCUT2D eigenvalue weighted by Gasteiger charge is -2.09. The maximum Gasteiger partial charge on any atom is 0.352 e. The summed E-state index contributed by atoms with van der Waals surface area (Å²) in [6.45, 7) is 5.99. The molecule has 5 heteroatoms. The molecule has 0 spiro atoms. The van der Waals surface area contributed by atoms with E-state index < -0.39 is 5.97 Å². The number of hydrogen-bond acceptors (Lipinski definition) is 3. The number of ether oxygens (including phenoxy) is 1. The van der Waals surface area contributed by atoms with Gasteiger partial charge in [0.15, 0.2) is 0 Å². The van der Waals surface area contributed by atoms with Crippen LogP contribution in [0.15, 0.2) is 6.07 Å². The van der Waals surface area contributed by atoms with Gasteiger partial charge in [-0.15, -0.1) is 0 Å². The zero-order valence-corrected chi connectivity index (χ0v) is 10.3. The van der Waals surface area contributed by atoms with Crippen molar-refractivity contribution >= 4 is 11.9 Å². The number of carboxylic acid groups (broad SMARTS) is 1. The monoisotopic (exact) mass is 239 g/mol. The van der Waals surface area contributed by atoms with Crippen LogP contribution >= 0.6 is 0 Å². The van der Waals surface area contributed by atoms with Gasteiger partial charge in [-0.3, -0.25) is 4.79 Å². The molecule has 0 fully saturated rings. The van der Waals surface area contributed by atoms with Gasteiger partial charge in [-0.05, 0) is 32.4 Å². The van der Waals surface area contributed by atoms with E-state index in [1.807, 2.05) is 6.92 Å². The Morgan fingerprint density at radius 2 is 2.06 bits per heavy atom. The third kappa shape index (κ3) is 3.09. The van der Waals surface area contributed by atoms with Crippen molar-refractivity contribution in [3.8, 4) is 0 Å². The van der Waals surface area contributed by atoms with E-state index in [0.29, 0.717) is 18.7 Å². The summed E-state index contributed by atoms with van der Waals surface area (Å²) >= 11 is 0. The van der Waals surface area contributed by atoms with Gasteiger partial charge in [-0.1, -0.05) is 0 Å². The lowest BCUT2D eigenvalue weighted by Crippen LogP contribution is -2.14. The van der Waals surface area contributed by atoms with Crippen LogP contribution in [0.1, 0.15) is 35.1 Å². The summed E-state index contributed by atoms with van der Waals surface area (Å²) in [4.78, 5) is 22.3. The van der Waals surface area contributed by atoms with Crippen LogP contribution < -0.4 is 0 Å². The SMILES string of the molecule is CCOC(=O)CCn1c(C)cc(C)c1C(=O)O. The number of carbonyl (C=O) groups is 2. The highest BCUT2D eigenvalue weighted by Gasteiger charge is 2.16. The summed E-state index contributed by atoms with van der Waals surface area (Å²) < 4.78 is 6.44. The average Bonchev–Trinajstić information content (AvgIpc) is 2.50. The van der Waals surface area contributed by atoms with E-state index in [1.54, 1.807) is 24.5 Å². The van der Waals surface area contributed by atoms with Crippen molar-refractivity contribution < 1.29 is 19.4 Å². The van der Waals surface area contributed by atoms with E-state index in [0.717, 1.165) is 5.69 Å². The third-order valence-corrected chi connectivity index (χ3v) is 2.54. The van der Waals surface area contributed by atoms with Gasteiger partial charge in [-0.25, -0.2) is 4.79 Å². The van der Waals surface area contributed by atoms with Crippen molar-refractivity contribution in [1.82, 2.24) is 4.57 Å². The van der Waals surface area contributed by atoms with Crippen LogP contribution in [0.2, 0.25) is 0 Å². The summed E-state index contributed by atoms with van der Waals surface area (Å²) in [6, 6.07) is 1.80. The molecule has 94 valence electrons. The van der Waals surface area contributed by atoms with Crippen molar-refractivity contribution in [1.29, 1.82) is 0 Å². The van der Waals surface area contributed by atoms with Gasteiger partial charge in [-0.2, -0.15) is 0 Å². The van der Waals surface area contributed by atoms with E-state index in [-0.39, 0.29) is 18.1 Å². The van der Waals surface area contributed by atoms with E-state index in [2.05, 4.69) is 0 Å². The maximum absolute atomic E-state index is 11.2. The minimum Gasteiger partial charge on any atom is -0.477 e. The Morgan fingerprint density at radius 3 is 2.59 bits per heavy atom. The van der Waals surface area contributed by atoms with Crippen LogP contribution in [0.25, 0.3) is 0 Å². The molecule has 0 aliphatic heterocycles. The van der Waals surface area contributed by atoms with Gasteiger partial charge in [0.2, 0.25) is 0 Å². The standard InChI is InChI=1S/C12H17NO4/c1-4-17-10(14)5-6-13-9(3)7-8(2)11(13)12(15)16/h7H,4-6H2,1-3H3,(H,15,16). The number of aromatic nitrogens is 1. The molecule has 17 heavy (non-hydrogen) atoms. The Kier molecular flexibility index (Phi) is 4.31. The molecule has 0 saturated carbocycles. The highest BCUT2D eigenvalue weighted by atomic mass is 16.5. The molecule has 0 atom stereocenters. The van der Waals surface area contributed by atoms with Gasteiger partial charge >= 0.3 is 11.9 Å². The number of aryl methyl sites for hydroxylation is 2. The second kappa shape index (κ2) is 5.52. The molecule has 1 rings (SSSR count). The number of esters is 1. The van der Waals surface area contributed by atoms with Gasteiger partial charge in [0.25, 0.3) is 0 Å². The third-order valence-electron chi connectivity index (χ3n) is 2.54. The lowest BCUT2D eigenvalue weighted by molar-refractivity contribution is -0.143. The molecule has 0 radical (unpaired) electrons. The first-order chi connectivity index (χ1) is 7.97. The zero-order valence-electron chi connectivity index (χ0n) is 10.3. The number of carboxylic acids is 1. The second-order valence-corrected chi connectivity index (χ2v) is 3.83. The van der Waals surface area contributed by atoms with Crippen LogP contribution in [0, 0.1) is 13.8 Å². The molecule has 0 aliphatic carbocycles. The molecule has 1 aromatic heterocycles. The molecule has 5 nitrogen and oxygen atoms in total. The predicted molar refractivity (Wildman–Crippen MR) is 62.1 cm³/mol. The fourth-order valence-electron chi connectivity index (χ4n) is 1.86. The first kappa shape index (κ1) is 13.3. The molecule has 0 aliphatic rings. The number of hydrogen-bond donors (Lipinski definition) is 1. The molecule has 0 amide bonds. The highest BCUT2D eigenvalue weighted by Crippen LogP contribution is 2.15. The van der Waals surface area contributed by atoms with E-state index in [4.69, 9.17) is 9.84 Å². The quantitative estimate of drug-likeness (QED) is 0.795. The van der Waals surface area contributed by atoms with Gasteiger partial charge in [0.05, 0.1) is 13.0 Å². The minimum atomic E-state index is -0.973. The minimum absolute atomic E-state index is 0.184. The van der Waals surface area contributed by atoms with Crippen molar-refractivity contribution in [2.24, 2.45) is 0 Å². The molecular weight excluding hydrogens is 222 g/mol. The molecule has 1 aromatic rings. The molecular formula is C12H17NO4. The fourth-order valence-corrected chi connectivity index (χ4v) is 1.86. The van der Waals surface area contributed by atoms with E-state index >= 15 is 0 Å². The predicted octanol–water partition coefficient (Wildman–Crippen LogP) is 1.76.